The van der Waals surface area contributed by atoms with Gasteiger partial charge in [0, 0.05) is 12.6 Å². The molecule has 2 nitrogen and oxygen atoms in total. The fourth-order valence-electron chi connectivity index (χ4n) is 1.38. The van der Waals surface area contributed by atoms with E-state index in [-0.39, 0.29) is 0 Å². The lowest BCUT2D eigenvalue weighted by atomic mass is 10.2. The van der Waals surface area contributed by atoms with Gasteiger partial charge in [0.1, 0.15) is 0 Å². The van der Waals surface area contributed by atoms with Gasteiger partial charge in [-0.05, 0) is 25.5 Å². The molecule has 0 amide bonds. The fraction of sp³-hybridized carbons (Fsp3) is 0.400. The molecule has 0 bridgehead atoms. The van der Waals surface area contributed by atoms with E-state index in [1.807, 2.05) is 24.3 Å². The quantitative estimate of drug-likeness (QED) is 0.534. The lowest BCUT2D eigenvalue weighted by molar-refractivity contribution is 0.673. The third-order valence-electron chi connectivity index (χ3n) is 2.07. The number of rotatable bonds is 0. The summed E-state index contributed by atoms with van der Waals surface area (Å²) in [6, 6.07) is 8.48. The molecule has 1 aromatic carbocycles. The highest BCUT2D eigenvalue weighted by Crippen LogP contribution is 1.96. The van der Waals surface area contributed by atoms with E-state index in [1.54, 1.807) is 0 Å². The highest BCUT2D eigenvalue weighted by molar-refractivity contribution is 5.01. The highest BCUT2D eigenvalue weighted by atomic mass is 14.8. The van der Waals surface area contributed by atoms with Crippen molar-refractivity contribution in [1.29, 1.82) is 0 Å². The van der Waals surface area contributed by atoms with Crippen LogP contribution in [0.25, 0.3) is 0 Å². The number of hydrogen-bond donors (Lipinski definition) is 0. The van der Waals surface area contributed by atoms with Crippen molar-refractivity contribution in [2.75, 3.05) is 6.54 Å². The maximum atomic E-state index is 4.55. The number of benzene rings is 1. The molecule has 1 heterocycles. The van der Waals surface area contributed by atoms with E-state index in [1.165, 1.54) is 0 Å². The average Bonchev–Trinajstić information content (AvgIpc) is 2.25. The van der Waals surface area contributed by atoms with Crippen molar-refractivity contribution in [3.63, 3.8) is 0 Å². The topological polar surface area (TPSA) is 24.7 Å². The molecule has 2 rings (SSSR count). The molecule has 0 unspecified atom stereocenters. The minimum atomic E-state index is 0.414. The molecule has 1 aliphatic heterocycles. The van der Waals surface area contributed by atoms with Gasteiger partial charge in [0.2, 0.25) is 0 Å². The summed E-state index contributed by atoms with van der Waals surface area (Å²) in [6.45, 7) is 3.04. The van der Waals surface area contributed by atoms with Crippen molar-refractivity contribution in [3.8, 4) is 0 Å². The summed E-state index contributed by atoms with van der Waals surface area (Å²) in [5.41, 5.74) is 0. The average molecular weight is 160 g/mol. The van der Waals surface area contributed by atoms with Crippen molar-refractivity contribution in [2.24, 2.45) is 9.98 Å². The van der Waals surface area contributed by atoms with Crippen LogP contribution in [0.2, 0.25) is 0 Å². The summed E-state index contributed by atoms with van der Waals surface area (Å²) in [6.07, 6.45) is 1.06. The van der Waals surface area contributed by atoms with E-state index < -0.39 is 0 Å². The summed E-state index contributed by atoms with van der Waals surface area (Å²) < 4.78 is 0. The molecule has 0 N–H and O–H groups in total. The van der Waals surface area contributed by atoms with E-state index in [0.29, 0.717) is 6.04 Å². The van der Waals surface area contributed by atoms with E-state index in [2.05, 4.69) is 16.9 Å². The van der Waals surface area contributed by atoms with Crippen LogP contribution in [0.1, 0.15) is 13.3 Å². The summed E-state index contributed by atoms with van der Waals surface area (Å²) >= 11 is 0. The smallest absolute Gasteiger partial charge is 0.0829 e. The molecular formula is C10H12N2. The molecule has 0 fully saturated rings. The standard InChI is InChI=1S/C10H12N2/c1-8-6-7-11-9-4-2-3-5-10(9)12-8/h2-5,8H,6-7H2,1H3/t8-/m1/s1. The van der Waals surface area contributed by atoms with Crippen LogP contribution in [-0.2, 0) is 0 Å². The Morgan fingerprint density at radius 1 is 1.25 bits per heavy atom. The van der Waals surface area contributed by atoms with Gasteiger partial charge in [0.05, 0.1) is 10.7 Å². The molecule has 0 spiro atoms. The van der Waals surface area contributed by atoms with Crippen LogP contribution in [-0.4, -0.2) is 12.6 Å². The van der Waals surface area contributed by atoms with Crippen LogP contribution in [0.5, 0.6) is 0 Å². The normalized spacial score (nSPS) is 21.6. The van der Waals surface area contributed by atoms with Crippen LogP contribution in [0.15, 0.2) is 34.3 Å². The van der Waals surface area contributed by atoms with Gasteiger partial charge in [-0.25, -0.2) is 0 Å². The van der Waals surface area contributed by atoms with Crippen molar-refractivity contribution >= 4 is 0 Å². The SMILES string of the molecule is C[C@@H]1CCN=c2ccccc2=N1. The molecule has 0 aromatic heterocycles. The first kappa shape index (κ1) is 7.47. The number of fused-ring (bicyclic) bond motifs is 1. The van der Waals surface area contributed by atoms with Gasteiger partial charge in [0.25, 0.3) is 0 Å². The highest BCUT2D eigenvalue weighted by Gasteiger charge is 2.00. The van der Waals surface area contributed by atoms with Gasteiger partial charge >= 0.3 is 0 Å². The third-order valence-corrected chi connectivity index (χ3v) is 2.07. The first-order valence-corrected chi connectivity index (χ1v) is 4.33. The zero-order valence-corrected chi connectivity index (χ0v) is 7.20. The Morgan fingerprint density at radius 2 is 2.00 bits per heavy atom. The molecule has 1 aliphatic rings. The second kappa shape index (κ2) is 3.05. The second-order valence-electron chi connectivity index (χ2n) is 3.14. The van der Waals surface area contributed by atoms with E-state index in [4.69, 9.17) is 0 Å². The molecule has 1 aromatic rings. The van der Waals surface area contributed by atoms with Crippen LogP contribution >= 0.6 is 0 Å². The monoisotopic (exact) mass is 160 g/mol. The predicted molar refractivity (Wildman–Crippen MR) is 47.7 cm³/mol. The molecule has 0 radical (unpaired) electrons. The first-order valence-electron chi connectivity index (χ1n) is 4.33. The van der Waals surface area contributed by atoms with Crippen molar-refractivity contribution in [3.05, 3.63) is 35.0 Å². The largest absolute Gasteiger partial charge is 0.283 e. The molecule has 2 heteroatoms. The van der Waals surface area contributed by atoms with Gasteiger partial charge in [-0.1, -0.05) is 12.1 Å². The number of nitrogens with zero attached hydrogens (tertiary/aromatic N) is 2. The van der Waals surface area contributed by atoms with Crippen LogP contribution in [0, 0.1) is 0 Å². The Hall–Kier alpha value is -1.18. The minimum Gasteiger partial charge on any atom is -0.283 e. The van der Waals surface area contributed by atoms with Crippen LogP contribution < -0.4 is 10.7 Å². The summed E-state index contributed by atoms with van der Waals surface area (Å²) in [5, 5.41) is 2.09. The summed E-state index contributed by atoms with van der Waals surface area (Å²) in [7, 11) is 0. The van der Waals surface area contributed by atoms with Gasteiger partial charge in [0.15, 0.2) is 0 Å². The maximum Gasteiger partial charge on any atom is 0.0829 e. The van der Waals surface area contributed by atoms with Gasteiger partial charge in [-0.3, -0.25) is 9.98 Å². The molecule has 1 atom stereocenters. The van der Waals surface area contributed by atoms with E-state index in [0.717, 1.165) is 23.7 Å². The van der Waals surface area contributed by atoms with Crippen molar-refractivity contribution < 1.29 is 0 Å². The van der Waals surface area contributed by atoms with Gasteiger partial charge < -0.3 is 0 Å². The Morgan fingerprint density at radius 3 is 2.83 bits per heavy atom. The zero-order chi connectivity index (χ0) is 8.39. The Labute approximate surface area is 71.7 Å². The van der Waals surface area contributed by atoms with E-state index >= 15 is 0 Å². The fourth-order valence-corrected chi connectivity index (χ4v) is 1.38. The van der Waals surface area contributed by atoms with Gasteiger partial charge in [-0.2, -0.15) is 0 Å². The second-order valence-corrected chi connectivity index (χ2v) is 3.14. The van der Waals surface area contributed by atoms with Crippen molar-refractivity contribution in [2.45, 2.75) is 19.4 Å². The molecule has 0 saturated carbocycles. The van der Waals surface area contributed by atoms with E-state index in [9.17, 15) is 0 Å². The lowest BCUT2D eigenvalue weighted by Crippen LogP contribution is -2.24. The Bertz CT molecular complexity index is 381. The lowest BCUT2D eigenvalue weighted by Gasteiger charge is -1.98. The zero-order valence-electron chi connectivity index (χ0n) is 7.20. The number of para-hydroxylation sites is 2. The predicted octanol–water partition coefficient (Wildman–Crippen LogP) is 0.718. The summed E-state index contributed by atoms with van der Waals surface area (Å²) in [5.74, 6) is 0. The molecule has 62 valence electrons. The summed E-state index contributed by atoms with van der Waals surface area (Å²) in [4.78, 5) is 8.99. The molecule has 0 saturated heterocycles. The number of hydrogen-bond acceptors (Lipinski definition) is 2. The molecule has 12 heavy (non-hydrogen) atoms. The van der Waals surface area contributed by atoms with Gasteiger partial charge in [-0.15, -0.1) is 0 Å². The molecular weight excluding hydrogens is 148 g/mol. The Balaban J connectivity index is 2.68. The van der Waals surface area contributed by atoms with Crippen LogP contribution in [0.4, 0.5) is 0 Å². The first-order chi connectivity index (χ1) is 5.86. The third kappa shape index (κ3) is 1.37. The van der Waals surface area contributed by atoms with Crippen molar-refractivity contribution in [1.82, 2.24) is 0 Å². The van der Waals surface area contributed by atoms with Crippen LogP contribution in [0.3, 0.4) is 0 Å². The molecule has 0 aliphatic carbocycles. The maximum absolute atomic E-state index is 4.55. The minimum absolute atomic E-state index is 0.414. The Kier molecular flexibility index (Phi) is 1.90.